The molecule has 1 heterocycles. The third kappa shape index (κ3) is 4.20. The molecule has 1 unspecified atom stereocenters. The van der Waals surface area contributed by atoms with E-state index in [1.807, 2.05) is 41.3 Å². The van der Waals surface area contributed by atoms with Crippen LogP contribution in [0.1, 0.15) is 34.8 Å². The number of hydrogen-bond donors (Lipinski definition) is 1. The molecule has 0 saturated carbocycles. The van der Waals surface area contributed by atoms with Gasteiger partial charge in [0, 0.05) is 18.7 Å². The average molecular weight is 338 g/mol. The Bertz CT molecular complexity index is 759. The van der Waals surface area contributed by atoms with Crippen LogP contribution in [0.3, 0.4) is 0 Å². The van der Waals surface area contributed by atoms with Gasteiger partial charge in [-0.3, -0.25) is 4.79 Å². The van der Waals surface area contributed by atoms with Crippen molar-refractivity contribution in [2.75, 3.05) is 19.6 Å². The van der Waals surface area contributed by atoms with Gasteiger partial charge in [0.2, 0.25) is 0 Å². The lowest BCUT2D eigenvalue weighted by atomic mass is 9.90. The molecule has 132 valence electrons. The minimum atomic E-state index is 0.0366. The molecule has 1 fully saturated rings. The molecule has 0 aliphatic carbocycles. The number of carbonyl (C=O) groups excluding carboxylic acids is 1. The van der Waals surface area contributed by atoms with E-state index in [0.29, 0.717) is 24.5 Å². The molecule has 1 amide bonds. The summed E-state index contributed by atoms with van der Waals surface area (Å²) in [4.78, 5) is 14.6. The van der Waals surface area contributed by atoms with Crippen LogP contribution in [0, 0.1) is 12.3 Å². The Kier molecular flexibility index (Phi) is 5.09. The maximum Gasteiger partial charge on any atom is 0.254 e. The first kappa shape index (κ1) is 17.5. The molecule has 1 saturated heterocycles. The third-order valence-corrected chi connectivity index (χ3v) is 4.91. The van der Waals surface area contributed by atoms with Crippen molar-refractivity contribution in [3.05, 3.63) is 65.2 Å². The summed E-state index contributed by atoms with van der Waals surface area (Å²) in [6.45, 7) is 6.79. The number of aryl methyl sites for hydroxylation is 1. The Balaban J connectivity index is 1.66. The molecule has 2 N–H and O–H groups in total. The first-order valence-electron chi connectivity index (χ1n) is 8.77. The van der Waals surface area contributed by atoms with E-state index >= 15 is 0 Å². The number of amides is 1. The van der Waals surface area contributed by atoms with Gasteiger partial charge in [-0.1, -0.05) is 42.8 Å². The minimum Gasteiger partial charge on any atom is -0.489 e. The summed E-state index contributed by atoms with van der Waals surface area (Å²) < 4.78 is 5.87. The molecule has 0 radical (unpaired) electrons. The van der Waals surface area contributed by atoms with E-state index in [-0.39, 0.29) is 11.3 Å². The zero-order valence-electron chi connectivity index (χ0n) is 15.0. The summed E-state index contributed by atoms with van der Waals surface area (Å²) in [6, 6.07) is 15.7. The van der Waals surface area contributed by atoms with E-state index in [2.05, 4.69) is 26.0 Å². The predicted molar refractivity (Wildman–Crippen MR) is 99.6 cm³/mol. The van der Waals surface area contributed by atoms with Crippen LogP contribution in [0.4, 0.5) is 0 Å². The van der Waals surface area contributed by atoms with Gasteiger partial charge in [-0.05, 0) is 49.1 Å². The largest absolute Gasteiger partial charge is 0.489 e. The van der Waals surface area contributed by atoms with Gasteiger partial charge in [0.25, 0.3) is 5.91 Å². The summed E-state index contributed by atoms with van der Waals surface area (Å²) >= 11 is 0. The van der Waals surface area contributed by atoms with Crippen molar-refractivity contribution in [3.8, 4) is 5.75 Å². The quantitative estimate of drug-likeness (QED) is 0.909. The number of ether oxygens (including phenoxy) is 1. The van der Waals surface area contributed by atoms with Crippen LogP contribution >= 0.6 is 0 Å². The highest BCUT2D eigenvalue weighted by atomic mass is 16.5. The Hall–Kier alpha value is -2.33. The predicted octanol–water partition coefficient (Wildman–Crippen LogP) is 3.38. The highest BCUT2D eigenvalue weighted by Crippen LogP contribution is 2.30. The molecule has 0 spiro atoms. The van der Waals surface area contributed by atoms with Gasteiger partial charge in [-0.25, -0.2) is 0 Å². The number of nitrogens with two attached hydrogens (primary N) is 1. The molecule has 1 aliphatic rings. The molecule has 1 aliphatic heterocycles. The van der Waals surface area contributed by atoms with Crippen molar-refractivity contribution in [1.29, 1.82) is 0 Å². The van der Waals surface area contributed by atoms with Crippen LogP contribution in [-0.4, -0.2) is 30.4 Å². The number of likely N-dealkylation sites (tertiary alicyclic amines) is 1. The maximum atomic E-state index is 12.8. The van der Waals surface area contributed by atoms with E-state index in [1.54, 1.807) is 0 Å². The van der Waals surface area contributed by atoms with Crippen molar-refractivity contribution < 1.29 is 9.53 Å². The fraction of sp³-hybridized carbons (Fsp3) is 0.381. The fourth-order valence-corrected chi connectivity index (χ4v) is 3.23. The van der Waals surface area contributed by atoms with Crippen molar-refractivity contribution in [3.63, 3.8) is 0 Å². The fourth-order valence-electron chi connectivity index (χ4n) is 3.23. The SMILES string of the molecule is Cc1cccc(COc2cccc(C(=O)N3CCC(C)(CN)C3)c2)c1. The number of nitrogens with zero attached hydrogens (tertiary/aromatic N) is 1. The molecule has 4 heteroatoms. The van der Waals surface area contributed by atoms with Crippen molar-refractivity contribution in [2.45, 2.75) is 26.9 Å². The Labute approximate surface area is 149 Å². The van der Waals surface area contributed by atoms with Crippen LogP contribution in [0.25, 0.3) is 0 Å². The minimum absolute atomic E-state index is 0.0366. The van der Waals surface area contributed by atoms with Crippen LogP contribution in [0.15, 0.2) is 48.5 Å². The van der Waals surface area contributed by atoms with E-state index in [9.17, 15) is 4.79 Å². The normalized spacial score (nSPS) is 19.9. The van der Waals surface area contributed by atoms with Gasteiger partial charge >= 0.3 is 0 Å². The van der Waals surface area contributed by atoms with Crippen molar-refractivity contribution in [2.24, 2.45) is 11.1 Å². The number of benzene rings is 2. The lowest BCUT2D eigenvalue weighted by molar-refractivity contribution is 0.0776. The summed E-state index contributed by atoms with van der Waals surface area (Å²) in [7, 11) is 0. The lowest BCUT2D eigenvalue weighted by Crippen LogP contribution is -2.34. The van der Waals surface area contributed by atoms with Crippen molar-refractivity contribution in [1.82, 2.24) is 4.90 Å². The summed E-state index contributed by atoms with van der Waals surface area (Å²) in [6.07, 6.45) is 0.957. The second-order valence-corrected chi connectivity index (χ2v) is 7.30. The second-order valence-electron chi connectivity index (χ2n) is 7.30. The first-order chi connectivity index (χ1) is 12.0. The number of hydrogen-bond acceptors (Lipinski definition) is 3. The van der Waals surface area contributed by atoms with E-state index < -0.39 is 0 Å². The molecule has 1 atom stereocenters. The van der Waals surface area contributed by atoms with Gasteiger partial charge in [-0.2, -0.15) is 0 Å². The molecule has 0 aromatic heterocycles. The summed E-state index contributed by atoms with van der Waals surface area (Å²) in [5.41, 5.74) is 8.88. The van der Waals surface area contributed by atoms with Crippen LogP contribution in [-0.2, 0) is 6.61 Å². The van der Waals surface area contributed by atoms with Gasteiger partial charge in [0.1, 0.15) is 12.4 Å². The molecular weight excluding hydrogens is 312 g/mol. The summed E-state index contributed by atoms with van der Waals surface area (Å²) in [5, 5.41) is 0. The molecule has 4 nitrogen and oxygen atoms in total. The van der Waals surface area contributed by atoms with Gasteiger partial charge in [-0.15, -0.1) is 0 Å². The smallest absolute Gasteiger partial charge is 0.254 e. The number of rotatable bonds is 5. The van der Waals surface area contributed by atoms with Crippen LogP contribution in [0.5, 0.6) is 5.75 Å². The van der Waals surface area contributed by atoms with Crippen LogP contribution < -0.4 is 10.5 Å². The topological polar surface area (TPSA) is 55.6 Å². The molecule has 2 aromatic carbocycles. The third-order valence-electron chi connectivity index (χ3n) is 4.91. The highest BCUT2D eigenvalue weighted by molar-refractivity contribution is 5.94. The standard InChI is InChI=1S/C21H26N2O2/c1-16-5-3-6-17(11-16)13-25-19-8-4-7-18(12-19)20(24)23-10-9-21(2,14-22)15-23/h3-8,11-12H,9-10,13-15,22H2,1-2H3. The Morgan fingerprint density at radius 2 is 2.04 bits per heavy atom. The molecule has 3 rings (SSSR count). The monoisotopic (exact) mass is 338 g/mol. The molecule has 25 heavy (non-hydrogen) atoms. The molecular formula is C21H26N2O2. The maximum absolute atomic E-state index is 12.8. The van der Waals surface area contributed by atoms with Gasteiger partial charge < -0.3 is 15.4 Å². The number of carbonyl (C=O) groups is 1. The van der Waals surface area contributed by atoms with Gasteiger partial charge in [0.15, 0.2) is 0 Å². The summed E-state index contributed by atoms with van der Waals surface area (Å²) in [5.74, 6) is 0.770. The molecule has 0 bridgehead atoms. The second kappa shape index (κ2) is 7.28. The van der Waals surface area contributed by atoms with Gasteiger partial charge in [0.05, 0.1) is 0 Å². The molecule has 2 aromatic rings. The van der Waals surface area contributed by atoms with E-state index in [1.165, 1.54) is 5.56 Å². The van der Waals surface area contributed by atoms with Crippen molar-refractivity contribution >= 4 is 5.91 Å². The Morgan fingerprint density at radius 3 is 2.76 bits per heavy atom. The lowest BCUT2D eigenvalue weighted by Gasteiger charge is -2.22. The van der Waals surface area contributed by atoms with E-state index in [0.717, 1.165) is 25.1 Å². The zero-order valence-corrected chi connectivity index (χ0v) is 15.0. The Morgan fingerprint density at radius 1 is 1.24 bits per heavy atom. The zero-order chi connectivity index (χ0) is 17.9. The highest BCUT2D eigenvalue weighted by Gasteiger charge is 2.35. The average Bonchev–Trinajstić information content (AvgIpc) is 3.03. The van der Waals surface area contributed by atoms with E-state index in [4.69, 9.17) is 10.5 Å². The van der Waals surface area contributed by atoms with Crippen LogP contribution in [0.2, 0.25) is 0 Å². The first-order valence-corrected chi connectivity index (χ1v) is 8.77.